The molecule has 0 aromatic heterocycles. The van der Waals surface area contributed by atoms with Gasteiger partial charge < -0.3 is 5.73 Å². The molecule has 1 nitrogen and oxygen atoms in total. The van der Waals surface area contributed by atoms with Crippen molar-refractivity contribution < 1.29 is 4.39 Å². The zero-order valence-corrected chi connectivity index (χ0v) is 10.9. The molecule has 3 heteroatoms. The van der Waals surface area contributed by atoms with E-state index in [1.807, 2.05) is 6.07 Å². The minimum Gasteiger partial charge on any atom is -0.330 e. The molecule has 1 saturated carbocycles. The molecule has 2 N–H and O–H groups in total. The number of nitrogens with two attached hydrogens (primary N) is 1. The van der Waals surface area contributed by atoms with E-state index < -0.39 is 0 Å². The number of halogens is 2. The van der Waals surface area contributed by atoms with Gasteiger partial charge in [0.1, 0.15) is 5.82 Å². The van der Waals surface area contributed by atoms with Gasteiger partial charge in [0.15, 0.2) is 0 Å². The van der Waals surface area contributed by atoms with Crippen LogP contribution in [0, 0.1) is 17.7 Å². The Morgan fingerprint density at radius 3 is 2.82 bits per heavy atom. The van der Waals surface area contributed by atoms with Crippen molar-refractivity contribution in [1.29, 1.82) is 0 Å². The maximum Gasteiger partial charge on any atom is 0.128 e. The van der Waals surface area contributed by atoms with Crippen molar-refractivity contribution in [2.45, 2.75) is 32.1 Å². The van der Waals surface area contributed by atoms with Crippen LogP contribution in [-0.4, -0.2) is 6.54 Å². The molecule has 1 fully saturated rings. The van der Waals surface area contributed by atoms with Crippen LogP contribution in [0.3, 0.4) is 0 Å². The highest BCUT2D eigenvalue weighted by atomic mass is 35.5. The molecule has 17 heavy (non-hydrogen) atoms. The van der Waals surface area contributed by atoms with Gasteiger partial charge in [-0.1, -0.05) is 31.0 Å². The molecule has 2 rings (SSSR count). The van der Waals surface area contributed by atoms with Gasteiger partial charge in [-0.15, -0.1) is 0 Å². The Bertz CT molecular complexity index is 394. The molecule has 0 amide bonds. The third-order valence-corrected chi connectivity index (χ3v) is 4.16. The lowest BCUT2D eigenvalue weighted by atomic mass is 9.71. The van der Waals surface area contributed by atoms with Gasteiger partial charge in [0, 0.05) is 5.02 Å². The van der Waals surface area contributed by atoms with Crippen molar-refractivity contribution in [3.63, 3.8) is 0 Å². The number of hydrogen-bond acceptors (Lipinski definition) is 1. The molecule has 1 aromatic carbocycles. The largest absolute Gasteiger partial charge is 0.330 e. The summed E-state index contributed by atoms with van der Waals surface area (Å²) >= 11 is 5.79. The molecule has 0 heterocycles. The predicted molar refractivity (Wildman–Crippen MR) is 69.7 cm³/mol. The van der Waals surface area contributed by atoms with Gasteiger partial charge in [0.25, 0.3) is 0 Å². The van der Waals surface area contributed by atoms with Crippen LogP contribution < -0.4 is 5.73 Å². The molecule has 3 unspecified atom stereocenters. The number of benzene rings is 1. The second kappa shape index (κ2) is 5.36. The van der Waals surface area contributed by atoms with Crippen molar-refractivity contribution in [3.8, 4) is 0 Å². The van der Waals surface area contributed by atoms with E-state index in [9.17, 15) is 4.39 Å². The smallest absolute Gasteiger partial charge is 0.128 e. The maximum atomic E-state index is 13.9. The normalized spacial score (nSPS) is 29.3. The zero-order chi connectivity index (χ0) is 12.4. The summed E-state index contributed by atoms with van der Waals surface area (Å²) < 4.78 is 13.9. The monoisotopic (exact) mass is 255 g/mol. The van der Waals surface area contributed by atoms with E-state index in [0.717, 1.165) is 18.4 Å². The van der Waals surface area contributed by atoms with Gasteiger partial charge in [-0.25, -0.2) is 4.39 Å². The Labute approximate surface area is 107 Å². The van der Waals surface area contributed by atoms with Crippen molar-refractivity contribution >= 4 is 11.6 Å². The molecular formula is C14H19ClFN. The Balaban J connectivity index is 2.28. The van der Waals surface area contributed by atoms with Gasteiger partial charge in [-0.2, -0.15) is 0 Å². The van der Waals surface area contributed by atoms with Gasteiger partial charge in [0.05, 0.1) is 0 Å². The summed E-state index contributed by atoms with van der Waals surface area (Å²) in [6, 6.07) is 5.00. The summed E-state index contributed by atoms with van der Waals surface area (Å²) in [5, 5.41) is 0.458. The van der Waals surface area contributed by atoms with E-state index in [1.165, 1.54) is 12.5 Å². The molecule has 0 bridgehead atoms. The van der Waals surface area contributed by atoms with Crippen molar-refractivity contribution in [2.75, 3.05) is 6.54 Å². The van der Waals surface area contributed by atoms with Gasteiger partial charge in [0.2, 0.25) is 0 Å². The number of hydrogen-bond donors (Lipinski definition) is 1. The Kier molecular flexibility index (Phi) is 4.05. The van der Waals surface area contributed by atoms with E-state index in [1.54, 1.807) is 6.07 Å². The lowest BCUT2D eigenvalue weighted by Gasteiger charge is -2.34. The molecule has 1 aliphatic rings. The van der Waals surface area contributed by atoms with Crippen LogP contribution in [0.15, 0.2) is 18.2 Å². The second-order valence-corrected chi connectivity index (χ2v) is 5.62. The van der Waals surface area contributed by atoms with Crippen molar-refractivity contribution in [1.82, 2.24) is 0 Å². The first-order chi connectivity index (χ1) is 8.11. The molecule has 94 valence electrons. The predicted octanol–water partition coefficient (Wildman–Crippen LogP) is 3.96. The first-order valence-corrected chi connectivity index (χ1v) is 6.64. The fourth-order valence-electron chi connectivity index (χ4n) is 2.91. The van der Waals surface area contributed by atoms with Crippen LogP contribution >= 0.6 is 11.6 Å². The zero-order valence-electron chi connectivity index (χ0n) is 10.1. The summed E-state index contributed by atoms with van der Waals surface area (Å²) in [4.78, 5) is 0. The summed E-state index contributed by atoms with van der Waals surface area (Å²) in [7, 11) is 0. The fourth-order valence-corrected chi connectivity index (χ4v) is 3.07. The molecule has 1 aliphatic carbocycles. The van der Waals surface area contributed by atoms with Crippen molar-refractivity contribution in [3.05, 3.63) is 34.6 Å². The van der Waals surface area contributed by atoms with Crippen LogP contribution in [0.1, 0.15) is 37.7 Å². The molecule has 0 aliphatic heterocycles. The maximum absolute atomic E-state index is 13.9. The van der Waals surface area contributed by atoms with Crippen LogP contribution in [0.25, 0.3) is 0 Å². The molecule has 1 aromatic rings. The lowest BCUT2D eigenvalue weighted by molar-refractivity contribution is 0.249. The van der Waals surface area contributed by atoms with Crippen LogP contribution in [0.5, 0.6) is 0 Å². The molecular weight excluding hydrogens is 237 g/mol. The first-order valence-electron chi connectivity index (χ1n) is 6.26. The molecule has 0 spiro atoms. The SMILES string of the molecule is CC1CCC(CN)C(c2ccc(Cl)cc2F)C1. The third kappa shape index (κ3) is 2.80. The Hall–Kier alpha value is -0.600. The second-order valence-electron chi connectivity index (χ2n) is 5.19. The van der Waals surface area contributed by atoms with E-state index in [-0.39, 0.29) is 11.7 Å². The summed E-state index contributed by atoms with van der Waals surface area (Å²) in [5.74, 6) is 1.12. The summed E-state index contributed by atoms with van der Waals surface area (Å²) in [5.41, 5.74) is 6.60. The molecule has 0 saturated heterocycles. The highest BCUT2D eigenvalue weighted by molar-refractivity contribution is 6.30. The van der Waals surface area contributed by atoms with Crippen LogP contribution in [0.4, 0.5) is 4.39 Å². The first kappa shape index (κ1) is 12.8. The minimum absolute atomic E-state index is 0.185. The van der Waals surface area contributed by atoms with Gasteiger partial charge >= 0.3 is 0 Å². The fraction of sp³-hybridized carbons (Fsp3) is 0.571. The highest BCUT2D eigenvalue weighted by Gasteiger charge is 2.30. The van der Waals surface area contributed by atoms with E-state index in [0.29, 0.717) is 23.4 Å². The average molecular weight is 256 g/mol. The van der Waals surface area contributed by atoms with Gasteiger partial charge in [-0.3, -0.25) is 0 Å². The topological polar surface area (TPSA) is 26.0 Å². The summed E-state index contributed by atoms with van der Waals surface area (Å²) in [6.07, 6.45) is 3.33. The average Bonchev–Trinajstić information content (AvgIpc) is 2.29. The van der Waals surface area contributed by atoms with Crippen LogP contribution in [0.2, 0.25) is 5.02 Å². The number of rotatable bonds is 2. The van der Waals surface area contributed by atoms with E-state index in [4.69, 9.17) is 17.3 Å². The molecule has 3 atom stereocenters. The minimum atomic E-state index is -0.185. The Morgan fingerprint density at radius 2 is 2.18 bits per heavy atom. The highest BCUT2D eigenvalue weighted by Crippen LogP contribution is 2.41. The standard InChI is InChI=1S/C14H19ClFN/c1-9-2-3-10(8-17)13(6-9)12-5-4-11(15)7-14(12)16/h4-5,7,9-10,13H,2-3,6,8,17H2,1H3. The van der Waals surface area contributed by atoms with Crippen LogP contribution in [-0.2, 0) is 0 Å². The van der Waals surface area contributed by atoms with E-state index >= 15 is 0 Å². The van der Waals surface area contributed by atoms with Crippen molar-refractivity contribution in [2.24, 2.45) is 17.6 Å². The molecule has 0 radical (unpaired) electrons. The third-order valence-electron chi connectivity index (χ3n) is 3.92. The quantitative estimate of drug-likeness (QED) is 0.851. The van der Waals surface area contributed by atoms with E-state index in [2.05, 4.69) is 6.92 Å². The Morgan fingerprint density at radius 1 is 1.41 bits per heavy atom. The van der Waals surface area contributed by atoms with Gasteiger partial charge in [-0.05, 0) is 54.8 Å². The lowest BCUT2D eigenvalue weighted by Crippen LogP contribution is -2.28. The summed E-state index contributed by atoms with van der Waals surface area (Å²) in [6.45, 7) is 2.87.